The van der Waals surface area contributed by atoms with E-state index < -0.39 is 0 Å². The molecule has 4 nitrogen and oxygen atoms in total. The Balaban J connectivity index is 2.04. The van der Waals surface area contributed by atoms with Crippen molar-refractivity contribution in [2.45, 2.75) is 0 Å². The van der Waals surface area contributed by atoms with Crippen LogP contribution in [0, 0.1) is 0 Å². The molecule has 4 heteroatoms. The zero-order chi connectivity index (χ0) is 10.5. The van der Waals surface area contributed by atoms with Crippen molar-refractivity contribution >= 4 is 11.6 Å². The minimum Gasteiger partial charge on any atom is -0.377 e. The third-order valence-corrected chi connectivity index (χ3v) is 1.84. The van der Waals surface area contributed by atoms with Gasteiger partial charge < -0.3 is 10.2 Å². The Hall–Kier alpha value is -2.23. The standard InChI is InChI=1S/C11H10N2O2/c14-11(10-7-4-8-12-15-10)13-9-5-2-1-3-6-9/h1-8,12H,(H,13,14). The van der Waals surface area contributed by atoms with Crippen molar-refractivity contribution in [2.24, 2.45) is 0 Å². The molecule has 0 fully saturated rings. The summed E-state index contributed by atoms with van der Waals surface area (Å²) in [5.41, 5.74) is 3.23. The summed E-state index contributed by atoms with van der Waals surface area (Å²) in [4.78, 5) is 16.5. The second kappa shape index (κ2) is 4.32. The first-order valence-corrected chi connectivity index (χ1v) is 4.52. The van der Waals surface area contributed by atoms with Crippen LogP contribution in [0.4, 0.5) is 5.69 Å². The van der Waals surface area contributed by atoms with Crippen LogP contribution in [0.25, 0.3) is 0 Å². The van der Waals surface area contributed by atoms with Gasteiger partial charge in [-0.3, -0.25) is 4.79 Å². The van der Waals surface area contributed by atoms with Crippen molar-refractivity contribution in [2.75, 3.05) is 5.32 Å². The lowest BCUT2D eigenvalue weighted by Crippen LogP contribution is -2.21. The van der Waals surface area contributed by atoms with Gasteiger partial charge in [-0.2, -0.15) is 0 Å². The zero-order valence-electron chi connectivity index (χ0n) is 7.94. The van der Waals surface area contributed by atoms with Gasteiger partial charge in [0.2, 0.25) is 5.76 Å². The third-order valence-electron chi connectivity index (χ3n) is 1.84. The van der Waals surface area contributed by atoms with Crippen LogP contribution in [0.3, 0.4) is 0 Å². The average Bonchev–Trinajstić information content (AvgIpc) is 2.31. The van der Waals surface area contributed by atoms with E-state index in [1.165, 1.54) is 0 Å². The van der Waals surface area contributed by atoms with Crippen LogP contribution in [-0.2, 0) is 9.63 Å². The van der Waals surface area contributed by atoms with Gasteiger partial charge >= 0.3 is 0 Å². The molecule has 2 N–H and O–H groups in total. The van der Waals surface area contributed by atoms with Gasteiger partial charge in [0.05, 0.1) is 0 Å². The number of hydrogen-bond acceptors (Lipinski definition) is 3. The highest BCUT2D eigenvalue weighted by molar-refractivity contribution is 6.02. The smallest absolute Gasteiger partial charge is 0.294 e. The number of rotatable bonds is 2. The summed E-state index contributed by atoms with van der Waals surface area (Å²) in [5.74, 6) is -0.0422. The van der Waals surface area contributed by atoms with Crippen LogP contribution < -0.4 is 10.8 Å². The van der Waals surface area contributed by atoms with E-state index >= 15 is 0 Å². The summed E-state index contributed by atoms with van der Waals surface area (Å²) in [5, 5.41) is 2.71. The van der Waals surface area contributed by atoms with E-state index in [4.69, 9.17) is 4.84 Å². The molecule has 0 radical (unpaired) electrons. The van der Waals surface area contributed by atoms with Gasteiger partial charge in [-0.25, -0.2) is 5.48 Å². The number of carbonyl (C=O) groups excluding carboxylic acids is 1. The summed E-state index contributed by atoms with van der Waals surface area (Å²) < 4.78 is 0. The maximum absolute atomic E-state index is 11.6. The number of nitrogens with one attached hydrogen (secondary N) is 2. The Morgan fingerprint density at radius 2 is 2.07 bits per heavy atom. The number of para-hydroxylation sites is 1. The first-order valence-electron chi connectivity index (χ1n) is 4.52. The molecule has 0 saturated carbocycles. The molecule has 0 aromatic heterocycles. The van der Waals surface area contributed by atoms with E-state index in [9.17, 15) is 4.79 Å². The molecule has 1 aliphatic heterocycles. The van der Waals surface area contributed by atoms with Crippen LogP contribution >= 0.6 is 0 Å². The van der Waals surface area contributed by atoms with Crippen LogP contribution in [0.1, 0.15) is 0 Å². The fourth-order valence-electron chi connectivity index (χ4n) is 1.14. The van der Waals surface area contributed by atoms with E-state index in [1.807, 2.05) is 30.3 Å². The maximum Gasteiger partial charge on any atom is 0.294 e. The quantitative estimate of drug-likeness (QED) is 0.765. The van der Waals surface area contributed by atoms with Crippen molar-refractivity contribution in [3.05, 3.63) is 54.4 Å². The van der Waals surface area contributed by atoms with Crippen LogP contribution in [-0.4, -0.2) is 5.91 Å². The van der Waals surface area contributed by atoms with E-state index in [0.29, 0.717) is 0 Å². The van der Waals surface area contributed by atoms with Crippen molar-refractivity contribution in [1.29, 1.82) is 0 Å². The summed E-state index contributed by atoms with van der Waals surface area (Å²) in [7, 11) is 0. The number of amides is 1. The largest absolute Gasteiger partial charge is 0.377 e. The number of benzene rings is 1. The molecule has 0 atom stereocenters. The molecule has 15 heavy (non-hydrogen) atoms. The molecular weight excluding hydrogens is 192 g/mol. The Kier molecular flexibility index (Phi) is 2.69. The monoisotopic (exact) mass is 202 g/mol. The summed E-state index contributed by atoms with van der Waals surface area (Å²) >= 11 is 0. The zero-order valence-corrected chi connectivity index (χ0v) is 7.94. The lowest BCUT2D eigenvalue weighted by molar-refractivity contribution is -0.117. The van der Waals surface area contributed by atoms with Gasteiger partial charge in [0.25, 0.3) is 5.91 Å². The Morgan fingerprint density at radius 1 is 1.27 bits per heavy atom. The molecule has 76 valence electrons. The highest BCUT2D eigenvalue weighted by atomic mass is 16.7. The van der Waals surface area contributed by atoms with Gasteiger partial charge in [0, 0.05) is 11.9 Å². The topological polar surface area (TPSA) is 50.4 Å². The first-order chi connectivity index (χ1) is 7.36. The minimum atomic E-state index is -0.280. The van der Waals surface area contributed by atoms with E-state index in [1.54, 1.807) is 18.4 Å². The Labute approximate surface area is 87.2 Å². The Morgan fingerprint density at radius 3 is 2.73 bits per heavy atom. The van der Waals surface area contributed by atoms with Gasteiger partial charge in [-0.1, -0.05) is 18.2 Å². The normalized spacial score (nSPS) is 13.5. The molecule has 2 rings (SSSR count). The van der Waals surface area contributed by atoms with Crippen LogP contribution in [0.5, 0.6) is 0 Å². The lowest BCUT2D eigenvalue weighted by Gasteiger charge is -2.11. The number of hydroxylamine groups is 1. The molecule has 1 amide bonds. The predicted octanol–water partition coefficient (Wildman–Crippen LogP) is 1.56. The Bertz CT molecular complexity index is 410. The SMILES string of the molecule is O=C(Nc1ccccc1)C1=CC=CNO1. The van der Waals surface area contributed by atoms with Crippen molar-refractivity contribution in [1.82, 2.24) is 5.48 Å². The minimum absolute atomic E-state index is 0.237. The van der Waals surface area contributed by atoms with Gasteiger partial charge in [-0.05, 0) is 24.3 Å². The molecule has 1 aliphatic rings. The molecule has 1 aromatic carbocycles. The summed E-state index contributed by atoms with van der Waals surface area (Å²) in [6.07, 6.45) is 4.89. The highest BCUT2D eigenvalue weighted by Gasteiger charge is 2.11. The average molecular weight is 202 g/mol. The maximum atomic E-state index is 11.6. The first kappa shape index (κ1) is 9.33. The molecule has 0 spiro atoms. The number of allylic oxidation sites excluding steroid dienone is 2. The summed E-state index contributed by atoms with van der Waals surface area (Å²) in [6.45, 7) is 0. The second-order valence-electron chi connectivity index (χ2n) is 2.93. The fourth-order valence-corrected chi connectivity index (χ4v) is 1.14. The van der Waals surface area contributed by atoms with Crippen molar-refractivity contribution < 1.29 is 9.63 Å². The number of hydrogen-bond donors (Lipinski definition) is 2. The molecule has 1 heterocycles. The molecule has 0 unspecified atom stereocenters. The molecule has 1 aromatic rings. The lowest BCUT2D eigenvalue weighted by atomic mass is 10.3. The van der Waals surface area contributed by atoms with Gasteiger partial charge in [0.1, 0.15) is 0 Å². The van der Waals surface area contributed by atoms with E-state index in [0.717, 1.165) is 5.69 Å². The van der Waals surface area contributed by atoms with E-state index in [-0.39, 0.29) is 11.7 Å². The number of carbonyl (C=O) groups is 1. The van der Waals surface area contributed by atoms with Crippen LogP contribution in [0.2, 0.25) is 0 Å². The third kappa shape index (κ3) is 2.37. The highest BCUT2D eigenvalue weighted by Crippen LogP contribution is 2.08. The second-order valence-corrected chi connectivity index (χ2v) is 2.93. The predicted molar refractivity (Wildman–Crippen MR) is 56.5 cm³/mol. The fraction of sp³-hybridized carbons (Fsp3) is 0. The molecule has 0 saturated heterocycles. The van der Waals surface area contributed by atoms with Crippen LogP contribution in [0.15, 0.2) is 54.4 Å². The molecular formula is C11H10N2O2. The molecule has 0 bridgehead atoms. The van der Waals surface area contributed by atoms with Gasteiger partial charge in [-0.15, -0.1) is 0 Å². The summed E-state index contributed by atoms with van der Waals surface area (Å²) in [6, 6.07) is 9.21. The van der Waals surface area contributed by atoms with Crippen molar-refractivity contribution in [3.8, 4) is 0 Å². The van der Waals surface area contributed by atoms with Gasteiger partial charge in [0.15, 0.2) is 0 Å². The number of anilines is 1. The molecule has 0 aliphatic carbocycles. The van der Waals surface area contributed by atoms with E-state index in [2.05, 4.69) is 10.8 Å². The van der Waals surface area contributed by atoms with Crippen molar-refractivity contribution in [3.63, 3.8) is 0 Å².